The Kier molecular flexibility index (Phi) is 5.60. The first-order valence-electron chi connectivity index (χ1n) is 8.45. The van der Waals surface area contributed by atoms with Crippen LogP contribution in [-0.2, 0) is 6.54 Å². The van der Waals surface area contributed by atoms with Crippen molar-refractivity contribution in [2.75, 3.05) is 19.7 Å². The Labute approximate surface area is 146 Å². The number of halogens is 1. The van der Waals surface area contributed by atoms with E-state index in [0.717, 1.165) is 37.7 Å². The molecule has 1 heterocycles. The van der Waals surface area contributed by atoms with E-state index >= 15 is 0 Å². The fraction of sp³-hybridized carbons (Fsp3) is 0.368. The van der Waals surface area contributed by atoms with Gasteiger partial charge in [0.05, 0.1) is 11.5 Å². The van der Waals surface area contributed by atoms with Crippen molar-refractivity contribution in [2.45, 2.75) is 19.4 Å². The summed E-state index contributed by atoms with van der Waals surface area (Å²) in [7, 11) is 0. The molecule has 0 saturated carbocycles. The van der Waals surface area contributed by atoms with E-state index in [9.17, 15) is 14.5 Å². The Bertz CT molecular complexity index is 724. The monoisotopic (exact) mass is 344 g/mol. The molecule has 0 spiro atoms. The molecule has 1 aliphatic rings. The van der Waals surface area contributed by atoms with Crippen LogP contribution in [0.5, 0.6) is 5.75 Å². The standard InChI is InChI=1S/C19H21FN2O3/c20-17-8-9-19(22(23)24)16(11-17)13-21-10-4-5-15(12-21)14-25-18-6-2-1-3-7-18/h1-3,6-9,11,15H,4-5,10,12-14H2. The minimum absolute atomic E-state index is 0.0240. The number of hydrogen-bond donors (Lipinski definition) is 0. The second-order valence-electron chi connectivity index (χ2n) is 6.40. The van der Waals surface area contributed by atoms with Crippen molar-refractivity contribution in [3.63, 3.8) is 0 Å². The molecule has 132 valence electrons. The number of para-hydroxylation sites is 1. The molecule has 1 fully saturated rings. The first-order valence-corrected chi connectivity index (χ1v) is 8.45. The van der Waals surface area contributed by atoms with Crippen LogP contribution in [0.3, 0.4) is 0 Å². The van der Waals surface area contributed by atoms with Crippen LogP contribution in [0.1, 0.15) is 18.4 Å². The zero-order valence-electron chi connectivity index (χ0n) is 13.9. The van der Waals surface area contributed by atoms with Crippen LogP contribution in [0.4, 0.5) is 10.1 Å². The van der Waals surface area contributed by atoms with Crippen molar-refractivity contribution in [3.05, 3.63) is 70.0 Å². The highest BCUT2D eigenvalue weighted by atomic mass is 19.1. The first-order chi connectivity index (χ1) is 12.1. The number of piperidine rings is 1. The lowest BCUT2D eigenvalue weighted by Crippen LogP contribution is -2.37. The molecule has 2 aromatic rings. The van der Waals surface area contributed by atoms with Gasteiger partial charge in [-0.3, -0.25) is 15.0 Å². The lowest BCUT2D eigenvalue weighted by molar-refractivity contribution is -0.385. The molecule has 1 atom stereocenters. The fourth-order valence-corrected chi connectivity index (χ4v) is 3.26. The van der Waals surface area contributed by atoms with Crippen molar-refractivity contribution in [3.8, 4) is 5.75 Å². The zero-order valence-corrected chi connectivity index (χ0v) is 13.9. The second kappa shape index (κ2) is 8.07. The lowest BCUT2D eigenvalue weighted by atomic mass is 9.98. The topological polar surface area (TPSA) is 55.6 Å². The van der Waals surface area contributed by atoms with E-state index in [2.05, 4.69) is 4.90 Å². The maximum absolute atomic E-state index is 13.5. The Balaban J connectivity index is 1.60. The highest BCUT2D eigenvalue weighted by Crippen LogP contribution is 2.25. The minimum Gasteiger partial charge on any atom is -0.493 e. The molecule has 1 saturated heterocycles. The van der Waals surface area contributed by atoms with Crippen LogP contribution in [0.2, 0.25) is 0 Å². The number of nitrogens with zero attached hydrogens (tertiary/aromatic N) is 2. The van der Waals surface area contributed by atoms with Crippen molar-refractivity contribution in [1.29, 1.82) is 0 Å². The van der Waals surface area contributed by atoms with E-state index in [1.807, 2.05) is 30.3 Å². The molecule has 0 amide bonds. The number of ether oxygens (including phenoxy) is 1. The summed E-state index contributed by atoms with van der Waals surface area (Å²) in [5.74, 6) is 0.767. The zero-order chi connectivity index (χ0) is 17.6. The Hall–Kier alpha value is -2.47. The predicted molar refractivity (Wildman–Crippen MR) is 93.0 cm³/mol. The average Bonchev–Trinajstić information content (AvgIpc) is 2.61. The molecule has 0 bridgehead atoms. The molecule has 2 aromatic carbocycles. The third kappa shape index (κ3) is 4.76. The van der Waals surface area contributed by atoms with Crippen LogP contribution in [0.15, 0.2) is 48.5 Å². The van der Waals surface area contributed by atoms with Gasteiger partial charge in [0.25, 0.3) is 5.69 Å². The smallest absolute Gasteiger partial charge is 0.274 e. The molecular weight excluding hydrogens is 323 g/mol. The number of nitro groups is 1. The highest BCUT2D eigenvalue weighted by Gasteiger charge is 2.23. The molecule has 3 rings (SSSR count). The molecule has 0 aliphatic carbocycles. The third-order valence-corrected chi connectivity index (χ3v) is 4.46. The normalized spacial score (nSPS) is 18.0. The van der Waals surface area contributed by atoms with Gasteiger partial charge >= 0.3 is 0 Å². The van der Waals surface area contributed by atoms with Gasteiger partial charge in [0.1, 0.15) is 11.6 Å². The molecule has 1 unspecified atom stereocenters. The van der Waals surface area contributed by atoms with E-state index in [4.69, 9.17) is 4.74 Å². The number of likely N-dealkylation sites (tertiary alicyclic amines) is 1. The van der Waals surface area contributed by atoms with Crippen LogP contribution in [-0.4, -0.2) is 29.5 Å². The maximum Gasteiger partial charge on any atom is 0.274 e. The van der Waals surface area contributed by atoms with Crippen LogP contribution < -0.4 is 4.74 Å². The van der Waals surface area contributed by atoms with Gasteiger partial charge in [-0.15, -0.1) is 0 Å². The molecule has 0 radical (unpaired) electrons. The number of rotatable bonds is 6. The molecule has 5 nitrogen and oxygen atoms in total. The quantitative estimate of drug-likeness (QED) is 0.586. The van der Waals surface area contributed by atoms with Gasteiger partial charge in [-0.1, -0.05) is 18.2 Å². The van der Waals surface area contributed by atoms with E-state index < -0.39 is 10.7 Å². The average molecular weight is 344 g/mol. The fourth-order valence-electron chi connectivity index (χ4n) is 3.26. The molecule has 0 N–H and O–H groups in total. The van der Waals surface area contributed by atoms with E-state index in [-0.39, 0.29) is 5.69 Å². The predicted octanol–water partition coefficient (Wildman–Crippen LogP) is 4.02. The van der Waals surface area contributed by atoms with Crippen molar-refractivity contribution in [2.24, 2.45) is 5.92 Å². The summed E-state index contributed by atoms with van der Waals surface area (Å²) in [6, 6.07) is 13.3. The maximum atomic E-state index is 13.5. The van der Waals surface area contributed by atoms with Gasteiger partial charge in [0.2, 0.25) is 0 Å². The van der Waals surface area contributed by atoms with E-state index in [0.29, 0.717) is 24.6 Å². The Morgan fingerprint density at radius 3 is 2.80 bits per heavy atom. The molecular formula is C19H21FN2O3. The van der Waals surface area contributed by atoms with Crippen molar-refractivity contribution < 1.29 is 14.1 Å². The lowest BCUT2D eigenvalue weighted by Gasteiger charge is -2.32. The van der Waals surface area contributed by atoms with Gasteiger partial charge in [-0.05, 0) is 43.7 Å². The third-order valence-electron chi connectivity index (χ3n) is 4.46. The molecule has 6 heteroatoms. The number of benzene rings is 2. The summed E-state index contributed by atoms with van der Waals surface area (Å²) in [6.45, 7) is 2.65. The van der Waals surface area contributed by atoms with Crippen LogP contribution >= 0.6 is 0 Å². The molecule has 0 aromatic heterocycles. The minimum atomic E-state index is -0.450. The van der Waals surface area contributed by atoms with Gasteiger partial charge < -0.3 is 4.74 Å². The van der Waals surface area contributed by atoms with Gasteiger partial charge in [0, 0.05) is 30.6 Å². The Morgan fingerprint density at radius 1 is 1.24 bits per heavy atom. The van der Waals surface area contributed by atoms with E-state index in [1.54, 1.807) is 0 Å². The first kappa shape index (κ1) is 17.4. The van der Waals surface area contributed by atoms with Gasteiger partial charge in [-0.2, -0.15) is 0 Å². The summed E-state index contributed by atoms with van der Waals surface area (Å²) in [6.07, 6.45) is 2.07. The second-order valence-corrected chi connectivity index (χ2v) is 6.40. The molecule has 1 aliphatic heterocycles. The van der Waals surface area contributed by atoms with Crippen LogP contribution in [0.25, 0.3) is 0 Å². The van der Waals surface area contributed by atoms with E-state index in [1.165, 1.54) is 12.1 Å². The largest absolute Gasteiger partial charge is 0.493 e. The number of hydrogen-bond acceptors (Lipinski definition) is 4. The SMILES string of the molecule is O=[N+]([O-])c1ccc(F)cc1CN1CCCC(COc2ccccc2)C1. The summed E-state index contributed by atoms with van der Waals surface area (Å²) in [4.78, 5) is 12.8. The van der Waals surface area contributed by atoms with Crippen molar-refractivity contribution in [1.82, 2.24) is 4.90 Å². The molecule has 25 heavy (non-hydrogen) atoms. The summed E-state index contributed by atoms with van der Waals surface area (Å²) in [5, 5.41) is 11.1. The number of nitro benzene ring substituents is 1. The summed E-state index contributed by atoms with van der Waals surface area (Å²) >= 11 is 0. The summed E-state index contributed by atoms with van der Waals surface area (Å²) in [5.41, 5.74) is 0.402. The highest BCUT2D eigenvalue weighted by molar-refractivity contribution is 5.40. The summed E-state index contributed by atoms with van der Waals surface area (Å²) < 4.78 is 19.3. The van der Waals surface area contributed by atoms with Crippen LogP contribution in [0, 0.1) is 21.8 Å². The van der Waals surface area contributed by atoms with Crippen molar-refractivity contribution >= 4 is 5.69 Å². The van der Waals surface area contributed by atoms with Gasteiger partial charge in [-0.25, -0.2) is 4.39 Å². The van der Waals surface area contributed by atoms with Gasteiger partial charge in [0.15, 0.2) is 0 Å². The Morgan fingerprint density at radius 2 is 2.04 bits per heavy atom.